The molecule has 1 heterocycles. The smallest absolute Gasteiger partial charge is 0.311 e. The fourth-order valence-electron chi connectivity index (χ4n) is 1.39. The molecule has 0 atom stereocenters. The number of esters is 1. The number of alkyl halides is 3. The number of carbonyl (C=O) groups is 1. The molecule has 1 aromatic heterocycles. The van der Waals surface area contributed by atoms with Crippen LogP contribution in [0.1, 0.15) is 30.2 Å². The van der Waals surface area contributed by atoms with Gasteiger partial charge in [-0.15, -0.1) is 0 Å². The summed E-state index contributed by atoms with van der Waals surface area (Å²) in [6.07, 6.45) is -1.41. The lowest BCUT2D eigenvalue weighted by atomic mass is 10.1. The minimum atomic E-state index is -2.63. The molecule has 100 valence electrons. The Bertz CT molecular complexity index is 441. The average Bonchev–Trinajstić information content (AvgIpc) is 2.31. The summed E-state index contributed by atoms with van der Waals surface area (Å²) in [7, 11) is 0. The van der Waals surface area contributed by atoms with Crippen molar-refractivity contribution in [2.45, 2.75) is 25.1 Å². The van der Waals surface area contributed by atoms with Crippen LogP contribution in [0.15, 0.2) is 10.7 Å². The third-order valence-electron chi connectivity index (χ3n) is 2.19. The van der Waals surface area contributed by atoms with Gasteiger partial charge in [-0.3, -0.25) is 9.78 Å². The van der Waals surface area contributed by atoms with Crippen LogP contribution in [0.25, 0.3) is 0 Å². The van der Waals surface area contributed by atoms with Crippen molar-refractivity contribution in [3.05, 3.63) is 27.5 Å². The normalized spacial score (nSPS) is 10.8. The van der Waals surface area contributed by atoms with Crippen LogP contribution < -0.4 is 0 Å². The van der Waals surface area contributed by atoms with E-state index in [1.165, 1.54) is 6.20 Å². The lowest BCUT2D eigenvalue weighted by molar-refractivity contribution is -0.142. The van der Waals surface area contributed by atoms with Crippen LogP contribution in [0, 0.1) is 0 Å². The number of aromatic nitrogens is 1. The maximum atomic E-state index is 12.9. The third-order valence-corrected chi connectivity index (χ3v) is 3.68. The van der Waals surface area contributed by atoms with E-state index in [9.17, 15) is 13.6 Å². The summed E-state index contributed by atoms with van der Waals surface area (Å²) in [4.78, 5) is 15.3. The van der Waals surface area contributed by atoms with Gasteiger partial charge in [0.15, 0.2) is 0 Å². The van der Waals surface area contributed by atoms with Crippen molar-refractivity contribution in [3.8, 4) is 0 Å². The van der Waals surface area contributed by atoms with Gasteiger partial charge in [-0.05, 0) is 28.4 Å². The third kappa shape index (κ3) is 3.71. The molecule has 0 fully saturated rings. The highest BCUT2D eigenvalue weighted by molar-refractivity contribution is 9.10. The number of rotatable bonds is 5. The van der Waals surface area contributed by atoms with E-state index in [1.807, 2.05) is 0 Å². The highest BCUT2D eigenvalue weighted by Gasteiger charge is 2.21. The van der Waals surface area contributed by atoms with E-state index in [4.69, 9.17) is 4.74 Å². The Balaban J connectivity index is 3.08. The molecule has 0 aliphatic carbocycles. The molecule has 7 heteroatoms. The number of pyridine rings is 1. The summed E-state index contributed by atoms with van der Waals surface area (Å²) < 4.78 is 30.8. The Hall–Kier alpha value is -0.560. The lowest BCUT2D eigenvalue weighted by Gasteiger charge is -2.12. The molecule has 1 rings (SSSR count). The molecule has 18 heavy (non-hydrogen) atoms. The number of carbonyl (C=O) groups excluding carboxylic acids is 1. The topological polar surface area (TPSA) is 39.2 Å². The van der Waals surface area contributed by atoms with Gasteiger partial charge in [0.1, 0.15) is 0 Å². The Morgan fingerprint density at radius 1 is 1.56 bits per heavy atom. The number of hydrogen-bond donors (Lipinski definition) is 0. The van der Waals surface area contributed by atoms with Gasteiger partial charge in [0, 0.05) is 21.6 Å². The van der Waals surface area contributed by atoms with Gasteiger partial charge in [-0.25, -0.2) is 8.78 Å². The maximum Gasteiger partial charge on any atom is 0.311 e. The average molecular weight is 387 g/mol. The zero-order valence-electron chi connectivity index (χ0n) is 9.55. The van der Waals surface area contributed by atoms with Gasteiger partial charge >= 0.3 is 5.97 Å². The van der Waals surface area contributed by atoms with Crippen LogP contribution in [0.3, 0.4) is 0 Å². The molecule has 0 bridgehead atoms. The first-order valence-electron chi connectivity index (χ1n) is 5.17. The molecule has 0 unspecified atom stereocenters. The van der Waals surface area contributed by atoms with Gasteiger partial charge in [-0.1, -0.05) is 15.9 Å². The first kappa shape index (κ1) is 15.5. The fourth-order valence-corrected chi connectivity index (χ4v) is 2.51. The van der Waals surface area contributed by atoms with Gasteiger partial charge in [0.2, 0.25) is 0 Å². The van der Waals surface area contributed by atoms with Crippen LogP contribution in [0.4, 0.5) is 8.78 Å². The molecule has 0 spiro atoms. The number of nitrogens with zero attached hydrogens (tertiary/aromatic N) is 1. The molecule has 0 saturated heterocycles. The summed E-state index contributed by atoms with van der Waals surface area (Å²) in [5, 5.41) is 0.276. The largest absolute Gasteiger partial charge is 0.466 e. The molecule has 0 N–H and O–H groups in total. The second-order valence-corrected chi connectivity index (χ2v) is 4.73. The van der Waals surface area contributed by atoms with E-state index in [2.05, 4.69) is 36.8 Å². The van der Waals surface area contributed by atoms with Crippen LogP contribution in [0.2, 0.25) is 0 Å². The second kappa shape index (κ2) is 7.13. The first-order valence-corrected chi connectivity index (χ1v) is 7.08. The number of halogens is 4. The Morgan fingerprint density at radius 2 is 2.22 bits per heavy atom. The second-order valence-electron chi connectivity index (χ2n) is 3.37. The van der Waals surface area contributed by atoms with E-state index >= 15 is 0 Å². The minimum Gasteiger partial charge on any atom is -0.466 e. The first-order chi connectivity index (χ1) is 8.51. The van der Waals surface area contributed by atoms with Crippen molar-refractivity contribution in [1.29, 1.82) is 0 Å². The number of ether oxygens (including phenoxy) is 1. The van der Waals surface area contributed by atoms with E-state index in [-0.39, 0.29) is 34.1 Å². The Morgan fingerprint density at radius 3 is 2.72 bits per heavy atom. The lowest BCUT2D eigenvalue weighted by Crippen LogP contribution is -2.11. The quantitative estimate of drug-likeness (QED) is 0.571. The SMILES string of the molecule is CCOC(=O)Cc1ncc(CBr)c(C(F)F)c1Br. The predicted molar refractivity (Wildman–Crippen MR) is 69.9 cm³/mol. The molecule has 1 aromatic rings. The zero-order valence-corrected chi connectivity index (χ0v) is 12.7. The van der Waals surface area contributed by atoms with Crippen molar-refractivity contribution < 1.29 is 18.3 Å². The van der Waals surface area contributed by atoms with Crippen molar-refractivity contribution in [2.24, 2.45) is 0 Å². The number of hydrogen-bond acceptors (Lipinski definition) is 3. The van der Waals surface area contributed by atoms with Gasteiger partial charge < -0.3 is 4.74 Å². The molecule has 0 radical (unpaired) electrons. The van der Waals surface area contributed by atoms with Crippen LogP contribution >= 0.6 is 31.9 Å². The van der Waals surface area contributed by atoms with E-state index in [0.717, 1.165) is 0 Å². The standard InChI is InChI=1S/C11H11Br2F2NO2/c1-2-18-8(17)3-7-10(13)9(11(14)15)6(4-12)5-16-7/h5,11H,2-4H2,1H3. The van der Waals surface area contributed by atoms with Crippen molar-refractivity contribution in [2.75, 3.05) is 6.61 Å². The van der Waals surface area contributed by atoms with Gasteiger partial charge in [0.05, 0.1) is 18.7 Å². The van der Waals surface area contributed by atoms with Crippen LogP contribution in [-0.2, 0) is 21.3 Å². The monoisotopic (exact) mass is 385 g/mol. The molecule has 0 aromatic carbocycles. The highest BCUT2D eigenvalue weighted by Crippen LogP contribution is 2.33. The molecule has 0 aliphatic rings. The summed E-state index contributed by atoms with van der Waals surface area (Å²) in [6.45, 7) is 1.93. The molecule has 0 amide bonds. The molecular weight excluding hydrogens is 376 g/mol. The predicted octanol–water partition coefficient (Wildman–Crippen LogP) is 3.78. The molecular formula is C11H11Br2F2NO2. The minimum absolute atomic E-state index is 0.128. The van der Waals surface area contributed by atoms with Crippen LogP contribution in [0.5, 0.6) is 0 Å². The van der Waals surface area contributed by atoms with E-state index in [1.54, 1.807) is 6.92 Å². The summed E-state index contributed by atoms with van der Waals surface area (Å²) >= 11 is 6.21. The zero-order chi connectivity index (χ0) is 13.7. The van der Waals surface area contributed by atoms with E-state index < -0.39 is 12.4 Å². The fraction of sp³-hybridized carbons (Fsp3) is 0.455. The van der Waals surface area contributed by atoms with Crippen LogP contribution in [-0.4, -0.2) is 17.6 Å². The summed E-state index contributed by atoms with van der Waals surface area (Å²) in [6, 6.07) is 0. The van der Waals surface area contributed by atoms with Crippen molar-refractivity contribution in [3.63, 3.8) is 0 Å². The Labute approximate surface area is 120 Å². The van der Waals surface area contributed by atoms with Crippen molar-refractivity contribution >= 4 is 37.8 Å². The van der Waals surface area contributed by atoms with Gasteiger partial charge in [0.25, 0.3) is 6.43 Å². The maximum absolute atomic E-state index is 12.9. The van der Waals surface area contributed by atoms with Gasteiger partial charge in [-0.2, -0.15) is 0 Å². The van der Waals surface area contributed by atoms with E-state index in [0.29, 0.717) is 5.56 Å². The summed E-state index contributed by atoms with van der Waals surface area (Å²) in [5.74, 6) is -0.488. The summed E-state index contributed by atoms with van der Waals surface area (Å²) in [5.41, 5.74) is 0.513. The Kier molecular flexibility index (Phi) is 6.14. The molecule has 3 nitrogen and oxygen atoms in total. The molecule has 0 aliphatic heterocycles. The molecule has 0 saturated carbocycles. The highest BCUT2D eigenvalue weighted by atomic mass is 79.9. The van der Waals surface area contributed by atoms with Crippen molar-refractivity contribution in [1.82, 2.24) is 4.98 Å².